The van der Waals surface area contributed by atoms with E-state index in [2.05, 4.69) is 18.2 Å². The van der Waals surface area contributed by atoms with Crippen molar-refractivity contribution < 1.29 is 14.6 Å². The summed E-state index contributed by atoms with van der Waals surface area (Å²) in [5.74, 6) is 1.87. The molecule has 1 N–H and O–H groups in total. The van der Waals surface area contributed by atoms with Crippen LogP contribution in [0.4, 0.5) is 0 Å². The molecule has 0 amide bonds. The van der Waals surface area contributed by atoms with E-state index in [0.717, 1.165) is 35.5 Å². The molecule has 3 heteroatoms. The molecule has 0 radical (unpaired) electrons. The maximum atomic E-state index is 9.83. The molecule has 1 aliphatic heterocycles. The third kappa shape index (κ3) is 2.46. The molecule has 2 aliphatic rings. The second-order valence-corrected chi connectivity index (χ2v) is 6.34. The Morgan fingerprint density at radius 1 is 1.04 bits per heavy atom. The molecule has 0 unspecified atom stereocenters. The predicted molar refractivity (Wildman–Crippen MR) is 90.0 cm³/mol. The van der Waals surface area contributed by atoms with Crippen LogP contribution < -0.4 is 9.47 Å². The fourth-order valence-corrected chi connectivity index (χ4v) is 3.64. The number of methoxy groups -OCH3 is 1. The van der Waals surface area contributed by atoms with Crippen LogP contribution in [0.5, 0.6) is 17.2 Å². The molecule has 1 saturated carbocycles. The largest absolute Gasteiger partial charge is 0.508 e. The van der Waals surface area contributed by atoms with E-state index in [1.54, 1.807) is 19.2 Å². The molecule has 4 rings (SSSR count). The van der Waals surface area contributed by atoms with Gasteiger partial charge in [-0.3, -0.25) is 0 Å². The van der Waals surface area contributed by atoms with Gasteiger partial charge in [0.1, 0.15) is 22.8 Å². The Hall–Kier alpha value is -2.42. The van der Waals surface area contributed by atoms with Crippen molar-refractivity contribution in [2.45, 2.75) is 31.3 Å². The molecular weight excluding hydrogens is 288 g/mol. The minimum absolute atomic E-state index is 0.226. The highest BCUT2D eigenvalue weighted by Crippen LogP contribution is 2.46. The summed E-state index contributed by atoms with van der Waals surface area (Å²) in [5.41, 5.74) is 3.13. The van der Waals surface area contributed by atoms with Crippen molar-refractivity contribution in [1.29, 1.82) is 0 Å². The van der Waals surface area contributed by atoms with Crippen molar-refractivity contribution >= 4 is 5.57 Å². The van der Waals surface area contributed by atoms with Gasteiger partial charge in [0.15, 0.2) is 0 Å². The van der Waals surface area contributed by atoms with Gasteiger partial charge in [0.2, 0.25) is 0 Å². The van der Waals surface area contributed by atoms with Crippen molar-refractivity contribution in [3.8, 4) is 17.2 Å². The Morgan fingerprint density at radius 2 is 1.78 bits per heavy atom. The fourth-order valence-electron chi connectivity index (χ4n) is 3.64. The Morgan fingerprint density at radius 3 is 2.48 bits per heavy atom. The SMILES string of the molecule is COc1ccc(C2=CC3(CCCC3)Oc3cc(O)ccc32)cc1. The van der Waals surface area contributed by atoms with Crippen LogP contribution in [0.3, 0.4) is 0 Å². The minimum atomic E-state index is -0.226. The summed E-state index contributed by atoms with van der Waals surface area (Å²) in [6, 6.07) is 13.5. The fraction of sp³-hybridized carbons (Fsp3) is 0.300. The topological polar surface area (TPSA) is 38.7 Å². The lowest BCUT2D eigenvalue weighted by atomic mass is 9.87. The molecule has 0 aromatic heterocycles. The quantitative estimate of drug-likeness (QED) is 0.885. The average Bonchev–Trinajstić information content (AvgIpc) is 3.01. The number of fused-ring (bicyclic) bond motifs is 1. The lowest BCUT2D eigenvalue weighted by molar-refractivity contribution is 0.124. The standard InChI is InChI=1S/C20H20O3/c1-22-16-7-4-14(5-8-16)18-13-20(10-2-3-11-20)23-19-12-15(21)6-9-17(18)19/h4-9,12-13,21H,2-3,10-11H2,1H3. The minimum Gasteiger partial charge on any atom is -0.508 e. The number of hydrogen-bond donors (Lipinski definition) is 1. The zero-order valence-electron chi connectivity index (χ0n) is 13.2. The van der Waals surface area contributed by atoms with E-state index < -0.39 is 0 Å². The van der Waals surface area contributed by atoms with E-state index in [9.17, 15) is 5.11 Å². The zero-order chi connectivity index (χ0) is 15.9. The van der Waals surface area contributed by atoms with Crippen molar-refractivity contribution in [2.75, 3.05) is 7.11 Å². The van der Waals surface area contributed by atoms with Crippen LogP contribution in [0.25, 0.3) is 5.57 Å². The van der Waals surface area contributed by atoms with Gasteiger partial charge in [-0.25, -0.2) is 0 Å². The number of benzene rings is 2. The summed E-state index contributed by atoms with van der Waals surface area (Å²) >= 11 is 0. The Bertz CT molecular complexity index is 753. The Kier molecular flexibility index (Phi) is 3.29. The number of aromatic hydroxyl groups is 1. The average molecular weight is 308 g/mol. The zero-order valence-corrected chi connectivity index (χ0v) is 13.2. The lowest BCUT2D eigenvalue weighted by Crippen LogP contribution is -2.33. The monoisotopic (exact) mass is 308 g/mol. The van der Waals surface area contributed by atoms with Crippen molar-refractivity contribution in [3.05, 3.63) is 59.7 Å². The third-order valence-electron chi connectivity index (χ3n) is 4.83. The molecule has 1 spiro atoms. The lowest BCUT2D eigenvalue weighted by Gasteiger charge is -2.34. The summed E-state index contributed by atoms with van der Waals surface area (Å²) in [4.78, 5) is 0. The second-order valence-electron chi connectivity index (χ2n) is 6.34. The highest BCUT2D eigenvalue weighted by Gasteiger charge is 2.38. The molecule has 1 fully saturated rings. The van der Waals surface area contributed by atoms with Crippen LogP contribution in [0.15, 0.2) is 48.5 Å². The second kappa shape index (κ2) is 5.34. The predicted octanol–water partition coefficient (Wildman–Crippen LogP) is 4.54. The third-order valence-corrected chi connectivity index (χ3v) is 4.83. The van der Waals surface area contributed by atoms with Crippen LogP contribution in [0, 0.1) is 0 Å². The van der Waals surface area contributed by atoms with Gasteiger partial charge in [0, 0.05) is 11.6 Å². The first-order valence-electron chi connectivity index (χ1n) is 8.09. The number of hydrogen-bond acceptors (Lipinski definition) is 3. The molecule has 0 atom stereocenters. The Balaban J connectivity index is 1.85. The number of phenols is 1. The molecular formula is C20H20O3. The normalized spacial score (nSPS) is 18.2. The molecule has 3 nitrogen and oxygen atoms in total. The van der Waals surface area contributed by atoms with Crippen molar-refractivity contribution in [2.24, 2.45) is 0 Å². The molecule has 1 heterocycles. The summed E-state index contributed by atoms with van der Waals surface area (Å²) in [6.45, 7) is 0. The smallest absolute Gasteiger partial charge is 0.132 e. The first kappa shape index (κ1) is 14.2. The summed E-state index contributed by atoms with van der Waals surface area (Å²) in [6.07, 6.45) is 6.70. The number of phenolic OH excluding ortho intramolecular Hbond substituents is 1. The van der Waals surface area contributed by atoms with Gasteiger partial charge in [0.25, 0.3) is 0 Å². The van der Waals surface area contributed by atoms with Gasteiger partial charge >= 0.3 is 0 Å². The van der Waals surface area contributed by atoms with Gasteiger partial charge in [-0.15, -0.1) is 0 Å². The van der Waals surface area contributed by atoms with Crippen molar-refractivity contribution in [1.82, 2.24) is 0 Å². The van der Waals surface area contributed by atoms with Crippen LogP contribution in [-0.2, 0) is 0 Å². The van der Waals surface area contributed by atoms with Gasteiger partial charge in [0.05, 0.1) is 7.11 Å². The van der Waals surface area contributed by atoms with E-state index in [1.165, 1.54) is 18.4 Å². The molecule has 0 bridgehead atoms. The summed E-state index contributed by atoms with van der Waals surface area (Å²) in [5, 5.41) is 9.83. The Labute approximate surface area is 136 Å². The van der Waals surface area contributed by atoms with Crippen molar-refractivity contribution in [3.63, 3.8) is 0 Å². The number of ether oxygens (including phenoxy) is 2. The summed E-state index contributed by atoms with van der Waals surface area (Å²) in [7, 11) is 1.67. The first-order valence-corrected chi connectivity index (χ1v) is 8.09. The van der Waals surface area contributed by atoms with E-state index in [0.29, 0.717) is 0 Å². The van der Waals surface area contributed by atoms with Crippen LogP contribution in [0.1, 0.15) is 36.8 Å². The van der Waals surface area contributed by atoms with Crippen LogP contribution in [0.2, 0.25) is 0 Å². The molecule has 0 saturated heterocycles. The molecule has 23 heavy (non-hydrogen) atoms. The maximum absolute atomic E-state index is 9.83. The van der Waals surface area contributed by atoms with E-state index >= 15 is 0 Å². The van der Waals surface area contributed by atoms with E-state index in [1.807, 2.05) is 18.2 Å². The molecule has 118 valence electrons. The number of rotatable bonds is 2. The van der Waals surface area contributed by atoms with Gasteiger partial charge in [-0.2, -0.15) is 0 Å². The maximum Gasteiger partial charge on any atom is 0.132 e. The highest BCUT2D eigenvalue weighted by molar-refractivity contribution is 5.85. The summed E-state index contributed by atoms with van der Waals surface area (Å²) < 4.78 is 11.6. The van der Waals surface area contributed by atoms with E-state index in [4.69, 9.17) is 9.47 Å². The van der Waals surface area contributed by atoms with Crippen LogP contribution in [-0.4, -0.2) is 17.8 Å². The highest BCUT2D eigenvalue weighted by atomic mass is 16.5. The molecule has 2 aromatic rings. The van der Waals surface area contributed by atoms with Gasteiger partial charge in [-0.05, 0) is 67.2 Å². The first-order chi connectivity index (χ1) is 11.2. The van der Waals surface area contributed by atoms with Gasteiger partial charge < -0.3 is 14.6 Å². The van der Waals surface area contributed by atoms with Gasteiger partial charge in [-0.1, -0.05) is 12.1 Å². The molecule has 2 aromatic carbocycles. The van der Waals surface area contributed by atoms with Crippen LogP contribution >= 0.6 is 0 Å². The molecule has 1 aliphatic carbocycles. The van der Waals surface area contributed by atoms with E-state index in [-0.39, 0.29) is 11.4 Å².